The lowest BCUT2D eigenvalue weighted by atomic mass is 10.2. The Hall–Kier alpha value is -2.83. The number of rotatable bonds is 5. The highest BCUT2D eigenvalue weighted by Gasteiger charge is 2.08. The lowest BCUT2D eigenvalue weighted by Crippen LogP contribution is -2.05. The van der Waals surface area contributed by atoms with Gasteiger partial charge in [0, 0.05) is 11.8 Å². The largest absolute Gasteiger partial charge is 0.493 e. The predicted octanol–water partition coefficient (Wildman–Crippen LogP) is 2.02. The van der Waals surface area contributed by atoms with E-state index in [0.29, 0.717) is 17.3 Å². The van der Waals surface area contributed by atoms with Crippen LogP contribution in [0.3, 0.4) is 0 Å². The topological polar surface area (TPSA) is 82.6 Å². The molecule has 0 saturated carbocycles. The van der Waals surface area contributed by atoms with E-state index >= 15 is 0 Å². The van der Waals surface area contributed by atoms with Crippen molar-refractivity contribution < 1.29 is 19.0 Å². The summed E-state index contributed by atoms with van der Waals surface area (Å²) in [6.45, 7) is 0. The number of benzene rings is 1. The second kappa shape index (κ2) is 6.56. The third-order valence-electron chi connectivity index (χ3n) is 2.70. The van der Waals surface area contributed by atoms with E-state index in [1.165, 1.54) is 19.5 Å². The van der Waals surface area contributed by atoms with Crippen LogP contribution in [-0.2, 0) is 4.74 Å². The van der Waals surface area contributed by atoms with Crippen molar-refractivity contribution in [2.75, 3.05) is 26.6 Å². The van der Waals surface area contributed by atoms with Crippen LogP contribution in [-0.4, -0.2) is 37.3 Å². The average molecular weight is 289 g/mol. The summed E-state index contributed by atoms with van der Waals surface area (Å²) in [5.74, 6) is 1.20. The summed E-state index contributed by atoms with van der Waals surface area (Å²) in [6, 6.07) is 5.36. The standard InChI is InChI=1S/C14H15N3O4/c1-19-11-5-4-9(6-12(11)20-2)17-13-8-15-10(7-16-13)14(18)21-3/h4-8H,1-3H3,(H,16,17). The molecule has 0 aliphatic rings. The Kier molecular flexibility index (Phi) is 4.55. The van der Waals surface area contributed by atoms with Gasteiger partial charge in [0.1, 0.15) is 5.82 Å². The summed E-state index contributed by atoms with van der Waals surface area (Å²) in [6.07, 6.45) is 2.79. The van der Waals surface area contributed by atoms with Gasteiger partial charge in [-0.25, -0.2) is 14.8 Å². The molecule has 1 N–H and O–H groups in total. The van der Waals surface area contributed by atoms with Crippen molar-refractivity contribution in [3.8, 4) is 11.5 Å². The number of aromatic nitrogens is 2. The monoisotopic (exact) mass is 289 g/mol. The first-order chi connectivity index (χ1) is 10.2. The van der Waals surface area contributed by atoms with Crippen molar-refractivity contribution in [3.63, 3.8) is 0 Å². The lowest BCUT2D eigenvalue weighted by Gasteiger charge is -2.10. The van der Waals surface area contributed by atoms with Crippen LogP contribution in [0.2, 0.25) is 0 Å². The summed E-state index contributed by atoms with van der Waals surface area (Å²) >= 11 is 0. The maximum atomic E-state index is 11.3. The zero-order valence-corrected chi connectivity index (χ0v) is 11.9. The minimum absolute atomic E-state index is 0.148. The van der Waals surface area contributed by atoms with Crippen LogP contribution in [0, 0.1) is 0 Å². The SMILES string of the molecule is COC(=O)c1cnc(Nc2ccc(OC)c(OC)c2)cn1. The molecule has 7 nitrogen and oxygen atoms in total. The molecule has 2 aromatic rings. The van der Waals surface area contributed by atoms with E-state index < -0.39 is 5.97 Å². The molecule has 0 fully saturated rings. The maximum Gasteiger partial charge on any atom is 0.358 e. The average Bonchev–Trinajstić information content (AvgIpc) is 2.54. The Labute approximate surface area is 121 Å². The van der Waals surface area contributed by atoms with Gasteiger partial charge >= 0.3 is 5.97 Å². The summed E-state index contributed by atoms with van der Waals surface area (Å²) in [5.41, 5.74) is 0.906. The van der Waals surface area contributed by atoms with Crippen LogP contribution in [0.25, 0.3) is 0 Å². The van der Waals surface area contributed by atoms with Crippen molar-refractivity contribution in [3.05, 3.63) is 36.3 Å². The number of ether oxygens (including phenoxy) is 3. The molecule has 1 heterocycles. The van der Waals surface area contributed by atoms with Crippen LogP contribution < -0.4 is 14.8 Å². The second-order valence-electron chi connectivity index (χ2n) is 3.97. The highest BCUT2D eigenvalue weighted by molar-refractivity contribution is 5.86. The van der Waals surface area contributed by atoms with Gasteiger partial charge in [0.15, 0.2) is 17.2 Å². The lowest BCUT2D eigenvalue weighted by molar-refractivity contribution is 0.0593. The first kappa shape index (κ1) is 14.6. The number of hydrogen-bond acceptors (Lipinski definition) is 7. The van der Waals surface area contributed by atoms with E-state index in [1.807, 2.05) is 6.07 Å². The van der Waals surface area contributed by atoms with Gasteiger partial charge in [-0.1, -0.05) is 0 Å². The van der Waals surface area contributed by atoms with E-state index in [2.05, 4.69) is 20.0 Å². The second-order valence-corrected chi connectivity index (χ2v) is 3.97. The molecule has 110 valence electrons. The fourth-order valence-corrected chi connectivity index (χ4v) is 1.66. The van der Waals surface area contributed by atoms with Crippen molar-refractivity contribution in [2.24, 2.45) is 0 Å². The van der Waals surface area contributed by atoms with Gasteiger partial charge in [-0.05, 0) is 12.1 Å². The molecule has 0 spiro atoms. The number of nitrogens with one attached hydrogen (secondary N) is 1. The predicted molar refractivity (Wildman–Crippen MR) is 76.2 cm³/mol. The van der Waals surface area contributed by atoms with Gasteiger partial charge in [0.2, 0.25) is 0 Å². The van der Waals surface area contributed by atoms with Gasteiger partial charge in [0.05, 0.1) is 33.7 Å². The number of carbonyl (C=O) groups is 1. The van der Waals surface area contributed by atoms with Crippen molar-refractivity contribution in [1.29, 1.82) is 0 Å². The molecule has 0 aliphatic heterocycles. The highest BCUT2D eigenvalue weighted by Crippen LogP contribution is 2.30. The summed E-state index contributed by atoms with van der Waals surface area (Å²) < 4.78 is 14.9. The summed E-state index contributed by atoms with van der Waals surface area (Å²) in [4.78, 5) is 19.3. The van der Waals surface area contributed by atoms with E-state index in [9.17, 15) is 4.79 Å². The molecule has 0 radical (unpaired) electrons. The zero-order chi connectivity index (χ0) is 15.2. The Morgan fingerprint density at radius 3 is 2.38 bits per heavy atom. The molecule has 0 aliphatic carbocycles. The smallest absolute Gasteiger partial charge is 0.358 e. The third kappa shape index (κ3) is 3.38. The Balaban J connectivity index is 2.16. The number of carbonyl (C=O) groups excluding carboxylic acids is 1. The Bertz CT molecular complexity index is 629. The number of nitrogens with zero attached hydrogens (tertiary/aromatic N) is 2. The van der Waals surface area contributed by atoms with E-state index in [0.717, 1.165) is 5.69 Å². The molecule has 7 heteroatoms. The molecule has 2 rings (SSSR count). The molecule has 0 bridgehead atoms. The first-order valence-corrected chi connectivity index (χ1v) is 6.07. The highest BCUT2D eigenvalue weighted by atomic mass is 16.5. The number of anilines is 2. The number of hydrogen-bond donors (Lipinski definition) is 1. The van der Waals surface area contributed by atoms with Crippen molar-refractivity contribution in [1.82, 2.24) is 9.97 Å². The van der Waals surface area contributed by atoms with Crippen LogP contribution in [0.4, 0.5) is 11.5 Å². The normalized spacial score (nSPS) is 9.86. The molecular formula is C14H15N3O4. The molecule has 0 amide bonds. The summed E-state index contributed by atoms with van der Waals surface area (Å²) in [5, 5.41) is 3.05. The molecule has 1 aromatic carbocycles. The minimum atomic E-state index is -0.528. The van der Waals surface area contributed by atoms with Gasteiger partial charge < -0.3 is 19.5 Å². The fourth-order valence-electron chi connectivity index (χ4n) is 1.66. The number of methoxy groups -OCH3 is 3. The molecule has 21 heavy (non-hydrogen) atoms. The molecule has 0 unspecified atom stereocenters. The fraction of sp³-hybridized carbons (Fsp3) is 0.214. The quantitative estimate of drug-likeness (QED) is 0.843. The Morgan fingerprint density at radius 1 is 1.05 bits per heavy atom. The van der Waals surface area contributed by atoms with Crippen LogP contribution in [0.5, 0.6) is 11.5 Å². The molecular weight excluding hydrogens is 274 g/mol. The van der Waals surface area contributed by atoms with E-state index in [4.69, 9.17) is 9.47 Å². The number of esters is 1. The Morgan fingerprint density at radius 2 is 1.81 bits per heavy atom. The third-order valence-corrected chi connectivity index (χ3v) is 2.70. The first-order valence-electron chi connectivity index (χ1n) is 6.07. The van der Waals surface area contributed by atoms with Gasteiger partial charge in [-0.2, -0.15) is 0 Å². The van der Waals surface area contributed by atoms with Crippen LogP contribution in [0.1, 0.15) is 10.5 Å². The zero-order valence-electron chi connectivity index (χ0n) is 11.9. The summed E-state index contributed by atoms with van der Waals surface area (Å²) in [7, 11) is 4.42. The van der Waals surface area contributed by atoms with Crippen LogP contribution >= 0.6 is 0 Å². The molecule has 0 saturated heterocycles. The van der Waals surface area contributed by atoms with Gasteiger partial charge in [0.25, 0.3) is 0 Å². The van der Waals surface area contributed by atoms with Crippen molar-refractivity contribution >= 4 is 17.5 Å². The van der Waals surface area contributed by atoms with E-state index in [-0.39, 0.29) is 5.69 Å². The minimum Gasteiger partial charge on any atom is -0.493 e. The molecule has 1 aromatic heterocycles. The van der Waals surface area contributed by atoms with Crippen molar-refractivity contribution in [2.45, 2.75) is 0 Å². The van der Waals surface area contributed by atoms with Gasteiger partial charge in [-0.15, -0.1) is 0 Å². The maximum absolute atomic E-state index is 11.3. The van der Waals surface area contributed by atoms with E-state index in [1.54, 1.807) is 26.4 Å². The van der Waals surface area contributed by atoms with Crippen LogP contribution in [0.15, 0.2) is 30.6 Å². The molecule has 0 atom stereocenters. The van der Waals surface area contributed by atoms with Gasteiger partial charge in [-0.3, -0.25) is 0 Å².